The molecule has 0 radical (unpaired) electrons. The van der Waals surface area contributed by atoms with Crippen molar-refractivity contribution in [2.24, 2.45) is 0 Å². The number of sulfonamides is 1. The van der Waals surface area contributed by atoms with Gasteiger partial charge in [0.2, 0.25) is 0 Å². The number of halogens is 2. The van der Waals surface area contributed by atoms with Crippen LogP contribution in [0.2, 0.25) is 5.02 Å². The number of carbonyl (C=O) groups excluding carboxylic acids is 1. The minimum Gasteiger partial charge on any atom is -0.345 e. The molecule has 0 saturated carbocycles. The number of amides is 1. The van der Waals surface area contributed by atoms with Gasteiger partial charge in [0.05, 0.1) is 10.9 Å². The largest absolute Gasteiger partial charge is 0.345 e. The normalized spacial score (nSPS) is 12.2. The second-order valence-corrected chi connectivity index (χ2v) is 8.44. The summed E-state index contributed by atoms with van der Waals surface area (Å²) in [5.41, 5.74) is 1.45. The van der Waals surface area contributed by atoms with Gasteiger partial charge in [-0.05, 0) is 67.1 Å². The van der Waals surface area contributed by atoms with E-state index < -0.39 is 15.8 Å². The van der Waals surface area contributed by atoms with Crippen LogP contribution in [0.1, 0.15) is 28.9 Å². The predicted octanol–water partition coefficient (Wildman–Crippen LogP) is 4.77. The summed E-state index contributed by atoms with van der Waals surface area (Å²) in [7, 11) is -3.85. The third-order valence-corrected chi connectivity index (χ3v) is 5.98. The van der Waals surface area contributed by atoms with E-state index in [1.165, 1.54) is 36.4 Å². The fourth-order valence-corrected chi connectivity index (χ4v) is 4.06. The Kier molecular flexibility index (Phi) is 6.20. The minimum atomic E-state index is -3.85. The van der Waals surface area contributed by atoms with Gasteiger partial charge < -0.3 is 5.32 Å². The Labute approximate surface area is 173 Å². The number of benzene rings is 3. The molecule has 3 aromatic rings. The van der Waals surface area contributed by atoms with E-state index in [0.717, 1.165) is 17.7 Å². The number of carbonyl (C=O) groups is 1. The first-order valence-corrected chi connectivity index (χ1v) is 10.6. The van der Waals surface area contributed by atoms with Crippen molar-refractivity contribution in [1.82, 2.24) is 5.32 Å². The van der Waals surface area contributed by atoms with Crippen molar-refractivity contribution < 1.29 is 17.6 Å². The van der Waals surface area contributed by atoms with E-state index >= 15 is 0 Å². The smallest absolute Gasteiger partial charge is 0.261 e. The summed E-state index contributed by atoms with van der Waals surface area (Å²) in [6, 6.07) is 17.4. The highest BCUT2D eigenvalue weighted by molar-refractivity contribution is 7.92. The Morgan fingerprint density at radius 3 is 2.21 bits per heavy atom. The molecule has 3 rings (SSSR count). The lowest BCUT2D eigenvalue weighted by molar-refractivity contribution is 0.0940. The SMILES string of the molecule is CC(NC(=O)c1ccc(NS(=O)(=O)c2ccc(F)cc2)cc1)c1ccccc1Cl. The van der Waals surface area contributed by atoms with Crippen LogP contribution in [0.4, 0.5) is 10.1 Å². The van der Waals surface area contributed by atoms with Crippen molar-refractivity contribution in [3.8, 4) is 0 Å². The Morgan fingerprint density at radius 2 is 1.59 bits per heavy atom. The first kappa shape index (κ1) is 20.8. The second-order valence-electron chi connectivity index (χ2n) is 6.35. The summed E-state index contributed by atoms with van der Waals surface area (Å²) >= 11 is 6.15. The van der Waals surface area contributed by atoms with Crippen molar-refractivity contribution in [3.63, 3.8) is 0 Å². The molecule has 0 aliphatic rings. The van der Waals surface area contributed by atoms with E-state index in [-0.39, 0.29) is 22.5 Å². The highest BCUT2D eigenvalue weighted by atomic mass is 35.5. The van der Waals surface area contributed by atoms with Crippen LogP contribution < -0.4 is 10.0 Å². The fraction of sp³-hybridized carbons (Fsp3) is 0.0952. The van der Waals surface area contributed by atoms with Crippen molar-refractivity contribution in [2.75, 3.05) is 4.72 Å². The Balaban J connectivity index is 1.69. The van der Waals surface area contributed by atoms with Gasteiger partial charge in [0.25, 0.3) is 15.9 Å². The van der Waals surface area contributed by atoms with Crippen molar-refractivity contribution in [3.05, 3.63) is 94.8 Å². The van der Waals surface area contributed by atoms with Gasteiger partial charge in [-0.25, -0.2) is 12.8 Å². The zero-order chi connectivity index (χ0) is 21.0. The summed E-state index contributed by atoms with van der Waals surface area (Å²) < 4.78 is 40.1. The second kappa shape index (κ2) is 8.63. The number of hydrogen-bond acceptors (Lipinski definition) is 3. The highest BCUT2D eigenvalue weighted by Crippen LogP contribution is 2.23. The molecule has 1 atom stereocenters. The molecule has 8 heteroatoms. The third-order valence-electron chi connectivity index (χ3n) is 4.24. The van der Waals surface area contributed by atoms with Crippen LogP contribution in [-0.4, -0.2) is 14.3 Å². The van der Waals surface area contributed by atoms with Crippen LogP contribution >= 0.6 is 11.6 Å². The topological polar surface area (TPSA) is 75.3 Å². The number of hydrogen-bond donors (Lipinski definition) is 2. The lowest BCUT2D eigenvalue weighted by Crippen LogP contribution is -2.26. The van der Waals surface area contributed by atoms with Crippen LogP contribution in [0, 0.1) is 5.82 Å². The molecule has 0 saturated heterocycles. The first-order valence-electron chi connectivity index (χ1n) is 8.70. The maximum atomic E-state index is 13.0. The van der Waals surface area contributed by atoms with E-state index in [2.05, 4.69) is 10.0 Å². The zero-order valence-electron chi connectivity index (χ0n) is 15.4. The Bertz CT molecular complexity index is 1120. The summed E-state index contributed by atoms with van der Waals surface area (Å²) in [5, 5.41) is 3.42. The molecule has 0 spiro atoms. The third kappa shape index (κ3) is 5.13. The maximum Gasteiger partial charge on any atom is 0.261 e. The molecule has 1 amide bonds. The average molecular weight is 433 g/mol. The molecule has 1 unspecified atom stereocenters. The minimum absolute atomic E-state index is 0.0608. The van der Waals surface area contributed by atoms with Gasteiger partial charge in [-0.15, -0.1) is 0 Å². The molecule has 0 aliphatic heterocycles. The molecule has 150 valence electrons. The highest BCUT2D eigenvalue weighted by Gasteiger charge is 2.16. The summed E-state index contributed by atoms with van der Waals surface area (Å²) in [5.74, 6) is -0.837. The molecule has 5 nitrogen and oxygen atoms in total. The van der Waals surface area contributed by atoms with E-state index in [4.69, 9.17) is 11.6 Å². The Morgan fingerprint density at radius 1 is 0.966 bits per heavy atom. The van der Waals surface area contributed by atoms with Gasteiger partial charge in [-0.1, -0.05) is 29.8 Å². The molecular formula is C21H18ClFN2O3S. The first-order chi connectivity index (χ1) is 13.8. The standard InChI is InChI=1S/C21H18ClFN2O3S/c1-14(19-4-2-3-5-20(19)22)24-21(26)15-6-10-17(11-7-15)25-29(27,28)18-12-8-16(23)9-13-18/h2-14,25H,1H3,(H,24,26). The van der Waals surface area contributed by atoms with E-state index in [0.29, 0.717) is 10.6 Å². The number of anilines is 1. The van der Waals surface area contributed by atoms with Gasteiger partial charge in [0.15, 0.2) is 0 Å². The zero-order valence-corrected chi connectivity index (χ0v) is 17.0. The lowest BCUT2D eigenvalue weighted by Gasteiger charge is -2.16. The number of rotatable bonds is 6. The molecule has 29 heavy (non-hydrogen) atoms. The summed E-state index contributed by atoms with van der Waals surface area (Å²) in [6.45, 7) is 1.82. The molecule has 0 fully saturated rings. The van der Waals surface area contributed by atoms with Crippen LogP contribution in [0.15, 0.2) is 77.7 Å². The van der Waals surface area contributed by atoms with Gasteiger partial charge in [-0.2, -0.15) is 0 Å². The molecule has 0 aliphatic carbocycles. The molecule has 0 heterocycles. The van der Waals surface area contributed by atoms with Crippen LogP contribution in [0.25, 0.3) is 0 Å². The molecule has 0 aromatic heterocycles. The van der Waals surface area contributed by atoms with Gasteiger partial charge >= 0.3 is 0 Å². The number of nitrogens with one attached hydrogen (secondary N) is 2. The average Bonchev–Trinajstić information content (AvgIpc) is 2.68. The molecule has 3 aromatic carbocycles. The summed E-state index contributed by atoms with van der Waals surface area (Å²) in [6.07, 6.45) is 0. The molecular weight excluding hydrogens is 415 g/mol. The lowest BCUT2D eigenvalue weighted by atomic mass is 10.1. The van der Waals surface area contributed by atoms with Crippen LogP contribution in [0.3, 0.4) is 0 Å². The van der Waals surface area contributed by atoms with Crippen LogP contribution in [0.5, 0.6) is 0 Å². The monoisotopic (exact) mass is 432 g/mol. The molecule has 0 bridgehead atoms. The van der Waals surface area contributed by atoms with Gasteiger partial charge in [-0.3, -0.25) is 9.52 Å². The van der Waals surface area contributed by atoms with Crippen molar-refractivity contribution in [1.29, 1.82) is 0 Å². The molecule has 2 N–H and O–H groups in total. The van der Waals surface area contributed by atoms with Gasteiger partial charge in [0.1, 0.15) is 5.82 Å². The predicted molar refractivity (Wildman–Crippen MR) is 111 cm³/mol. The van der Waals surface area contributed by atoms with Crippen molar-refractivity contribution >= 4 is 33.2 Å². The fourth-order valence-electron chi connectivity index (χ4n) is 2.70. The maximum absolute atomic E-state index is 13.0. The Hall–Kier alpha value is -2.90. The van der Waals surface area contributed by atoms with Crippen molar-refractivity contribution in [2.45, 2.75) is 17.9 Å². The van der Waals surface area contributed by atoms with E-state index in [1.54, 1.807) is 6.07 Å². The summed E-state index contributed by atoms with van der Waals surface area (Å²) in [4.78, 5) is 12.4. The van der Waals surface area contributed by atoms with E-state index in [1.807, 2.05) is 25.1 Å². The van der Waals surface area contributed by atoms with E-state index in [9.17, 15) is 17.6 Å². The quantitative estimate of drug-likeness (QED) is 0.589. The van der Waals surface area contributed by atoms with Gasteiger partial charge in [0, 0.05) is 16.3 Å². The van der Waals surface area contributed by atoms with Crippen LogP contribution in [-0.2, 0) is 10.0 Å².